The van der Waals surface area contributed by atoms with Gasteiger partial charge in [-0.15, -0.1) is 0 Å². The van der Waals surface area contributed by atoms with Crippen LogP contribution in [0.3, 0.4) is 0 Å². The zero-order valence-electron chi connectivity index (χ0n) is 16.0. The molecule has 2 aliphatic rings. The summed E-state index contributed by atoms with van der Waals surface area (Å²) < 4.78 is 0. The zero-order valence-corrected chi connectivity index (χ0v) is 16.7. The summed E-state index contributed by atoms with van der Waals surface area (Å²) in [6, 6.07) is 15.5. The van der Waals surface area contributed by atoms with E-state index in [9.17, 15) is 9.59 Å². The van der Waals surface area contributed by atoms with E-state index in [1.807, 2.05) is 24.3 Å². The van der Waals surface area contributed by atoms with Gasteiger partial charge in [-0.1, -0.05) is 61.3 Å². The van der Waals surface area contributed by atoms with Crippen LogP contribution in [0.1, 0.15) is 36.5 Å². The number of hydrogen-bond donors (Lipinski definition) is 0. The van der Waals surface area contributed by atoms with Gasteiger partial charge in [-0.2, -0.15) is 0 Å². The van der Waals surface area contributed by atoms with E-state index in [4.69, 9.17) is 11.6 Å². The lowest BCUT2D eigenvalue weighted by Crippen LogP contribution is -2.37. The van der Waals surface area contributed by atoms with Gasteiger partial charge in [0.15, 0.2) is 0 Å². The van der Waals surface area contributed by atoms with Crippen LogP contribution < -0.4 is 0 Å². The van der Waals surface area contributed by atoms with Crippen molar-refractivity contribution >= 4 is 29.0 Å². The molecule has 0 fully saturated rings. The number of nitrogens with zero attached hydrogens (tertiary/aromatic N) is 2. The number of hydrogen-bond acceptors (Lipinski definition) is 3. The van der Waals surface area contributed by atoms with Crippen molar-refractivity contribution in [3.05, 3.63) is 75.9 Å². The van der Waals surface area contributed by atoms with Crippen molar-refractivity contribution in [3.8, 4) is 0 Å². The minimum atomic E-state index is -0.199. The summed E-state index contributed by atoms with van der Waals surface area (Å²) in [7, 11) is 0. The van der Waals surface area contributed by atoms with Gasteiger partial charge in [0.05, 0.1) is 5.57 Å². The maximum absolute atomic E-state index is 13.3. The Morgan fingerprint density at radius 2 is 1.68 bits per heavy atom. The highest BCUT2D eigenvalue weighted by atomic mass is 35.5. The lowest BCUT2D eigenvalue weighted by atomic mass is 9.98. The largest absolute Gasteiger partial charge is 0.362 e. The van der Waals surface area contributed by atoms with Gasteiger partial charge in [0, 0.05) is 24.7 Å². The van der Waals surface area contributed by atoms with Crippen LogP contribution in [0, 0.1) is 0 Å². The number of imide groups is 1. The quantitative estimate of drug-likeness (QED) is 0.711. The fraction of sp³-hybridized carbons (Fsp3) is 0.304. The maximum atomic E-state index is 13.3. The summed E-state index contributed by atoms with van der Waals surface area (Å²) in [4.78, 5) is 29.9. The first-order valence-corrected chi connectivity index (χ1v) is 10.2. The van der Waals surface area contributed by atoms with Gasteiger partial charge >= 0.3 is 0 Å². The summed E-state index contributed by atoms with van der Waals surface area (Å²) in [6.07, 6.45) is 2.60. The fourth-order valence-electron chi connectivity index (χ4n) is 3.94. The van der Waals surface area contributed by atoms with Crippen molar-refractivity contribution in [2.75, 3.05) is 13.1 Å². The normalized spacial score (nSPS) is 16.8. The van der Waals surface area contributed by atoms with Crippen molar-refractivity contribution < 1.29 is 9.59 Å². The second-order valence-corrected chi connectivity index (χ2v) is 7.72. The van der Waals surface area contributed by atoms with E-state index in [2.05, 4.69) is 24.0 Å². The molecule has 2 amide bonds. The van der Waals surface area contributed by atoms with Crippen LogP contribution in [0.5, 0.6) is 0 Å². The molecule has 2 aromatic rings. The summed E-state index contributed by atoms with van der Waals surface area (Å²) in [6.45, 7) is 3.88. The van der Waals surface area contributed by atoms with Crippen LogP contribution in [-0.4, -0.2) is 34.7 Å². The molecule has 0 aromatic heterocycles. The monoisotopic (exact) mass is 394 g/mol. The Kier molecular flexibility index (Phi) is 5.23. The van der Waals surface area contributed by atoms with Gasteiger partial charge in [0.25, 0.3) is 11.8 Å². The van der Waals surface area contributed by atoms with Gasteiger partial charge in [-0.05, 0) is 41.7 Å². The number of rotatable bonds is 5. The number of unbranched alkanes of at least 4 members (excludes halogenated alkanes) is 1. The molecule has 28 heavy (non-hydrogen) atoms. The Balaban J connectivity index is 1.76. The summed E-state index contributed by atoms with van der Waals surface area (Å²) >= 11 is 6.03. The molecule has 0 aliphatic carbocycles. The van der Waals surface area contributed by atoms with Gasteiger partial charge < -0.3 is 4.90 Å². The number of carbonyl (C=O) groups excluding carboxylic acids is 2. The molecule has 4 rings (SSSR count). The molecule has 0 saturated heterocycles. The van der Waals surface area contributed by atoms with E-state index in [0.29, 0.717) is 29.4 Å². The topological polar surface area (TPSA) is 40.6 Å². The predicted octanol–water partition coefficient (Wildman–Crippen LogP) is 4.28. The Bertz CT molecular complexity index is 949. The van der Waals surface area contributed by atoms with Gasteiger partial charge in [0.2, 0.25) is 0 Å². The molecule has 2 aliphatic heterocycles. The molecule has 0 bridgehead atoms. The van der Waals surface area contributed by atoms with Crippen LogP contribution in [0.4, 0.5) is 0 Å². The van der Waals surface area contributed by atoms with Crippen LogP contribution in [0.15, 0.2) is 54.2 Å². The molecule has 2 aromatic carbocycles. The van der Waals surface area contributed by atoms with Crippen molar-refractivity contribution in [3.63, 3.8) is 0 Å². The smallest absolute Gasteiger partial charge is 0.277 e. The Hall–Kier alpha value is -2.59. The molecule has 5 heteroatoms. The van der Waals surface area contributed by atoms with Gasteiger partial charge in [0.1, 0.15) is 5.70 Å². The molecule has 0 radical (unpaired) electrons. The third kappa shape index (κ3) is 3.33. The van der Waals surface area contributed by atoms with Crippen molar-refractivity contribution in [1.82, 2.24) is 9.80 Å². The minimum Gasteiger partial charge on any atom is -0.362 e. The average Bonchev–Trinajstić information content (AvgIpc) is 2.96. The molecule has 4 nitrogen and oxygen atoms in total. The molecule has 0 N–H and O–H groups in total. The second kappa shape index (κ2) is 7.80. The molecule has 2 heterocycles. The van der Waals surface area contributed by atoms with Crippen LogP contribution in [-0.2, 0) is 22.6 Å². The standard InChI is InChI=1S/C23H23ClN2O2/c1-2-3-13-26-22(27)20(17-8-10-19(24)11-9-17)21(23(26)28)25-14-12-16-6-4-5-7-18(16)15-25/h4-11H,2-3,12-15H2,1H3. The third-order valence-corrected chi connectivity index (χ3v) is 5.71. The van der Waals surface area contributed by atoms with E-state index in [1.54, 1.807) is 12.1 Å². The molecular formula is C23H23ClN2O2. The zero-order chi connectivity index (χ0) is 19.7. The number of benzene rings is 2. The second-order valence-electron chi connectivity index (χ2n) is 7.29. The van der Waals surface area contributed by atoms with Crippen molar-refractivity contribution in [2.45, 2.75) is 32.7 Å². The first-order valence-electron chi connectivity index (χ1n) is 9.78. The number of amides is 2. The minimum absolute atomic E-state index is 0.178. The van der Waals surface area contributed by atoms with E-state index >= 15 is 0 Å². The van der Waals surface area contributed by atoms with E-state index in [1.165, 1.54) is 16.0 Å². The molecule has 0 atom stereocenters. The summed E-state index contributed by atoms with van der Waals surface area (Å²) in [5.74, 6) is -0.377. The van der Waals surface area contributed by atoms with E-state index in [0.717, 1.165) is 31.4 Å². The first-order chi connectivity index (χ1) is 13.6. The number of carbonyl (C=O) groups is 2. The lowest BCUT2D eigenvalue weighted by molar-refractivity contribution is -0.137. The molecule has 0 unspecified atom stereocenters. The molecule has 0 saturated carbocycles. The average molecular weight is 395 g/mol. The van der Waals surface area contributed by atoms with E-state index in [-0.39, 0.29) is 11.8 Å². The Labute approximate surface area is 170 Å². The first kappa shape index (κ1) is 18.8. The molecule has 144 valence electrons. The lowest BCUT2D eigenvalue weighted by Gasteiger charge is -2.31. The van der Waals surface area contributed by atoms with Crippen molar-refractivity contribution in [1.29, 1.82) is 0 Å². The highest BCUT2D eigenvalue weighted by Gasteiger charge is 2.41. The van der Waals surface area contributed by atoms with Crippen molar-refractivity contribution in [2.24, 2.45) is 0 Å². The molecule has 0 spiro atoms. The third-order valence-electron chi connectivity index (χ3n) is 5.46. The highest BCUT2D eigenvalue weighted by Crippen LogP contribution is 2.34. The fourth-order valence-corrected chi connectivity index (χ4v) is 4.07. The number of fused-ring (bicyclic) bond motifs is 1. The van der Waals surface area contributed by atoms with Crippen LogP contribution in [0.2, 0.25) is 5.02 Å². The molecular weight excluding hydrogens is 372 g/mol. The number of halogens is 1. The predicted molar refractivity (Wildman–Crippen MR) is 111 cm³/mol. The maximum Gasteiger partial charge on any atom is 0.277 e. The Morgan fingerprint density at radius 1 is 0.964 bits per heavy atom. The summed E-state index contributed by atoms with van der Waals surface area (Å²) in [5, 5.41) is 0.609. The Morgan fingerprint density at radius 3 is 2.39 bits per heavy atom. The van der Waals surface area contributed by atoms with Crippen LogP contribution >= 0.6 is 11.6 Å². The summed E-state index contributed by atoms with van der Waals surface area (Å²) in [5.41, 5.74) is 4.29. The van der Waals surface area contributed by atoms with Gasteiger partial charge in [-0.25, -0.2) is 0 Å². The SMILES string of the molecule is CCCCN1C(=O)C(c2ccc(Cl)cc2)=C(N2CCc3ccccc3C2)C1=O. The highest BCUT2D eigenvalue weighted by molar-refractivity contribution is 6.36. The van der Waals surface area contributed by atoms with E-state index < -0.39 is 0 Å². The van der Waals surface area contributed by atoms with Crippen LogP contribution in [0.25, 0.3) is 5.57 Å². The van der Waals surface area contributed by atoms with Gasteiger partial charge in [-0.3, -0.25) is 14.5 Å².